The predicted molar refractivity (Wildman–Crippen MR) is 109 cm³/mol. The topological polar surface area (TPSA) is 61.0 Å². The van der Waals surface area contributed by atoms with E-state index < -0.39 is 0 Å². The molecule has 1 fully saturated rings. The third-order valence-electron chi connectivity index (χ3n) is 5.12. The van der Waals surface area contributed by atoms with Gasteiger partial charge in [-0.3, -0.25) is 4.79 Å². The molecule has 2 aromatic carbocycles. The predicted octanol–water partition coefficient (Wildman–Crippen LogP) is 3.79. The molecule has 0 unspecified atom stereocenters. The molecule has 3 aromatic rings. The van der Waals surface area contributed by atoms with Crippen LogP contribution in [0.4, 0.5) is 5.95 Å². The first-order valence-corrected chi connectivity index (χ1v) is 9.79. The number of aromatic nitrogens is 2. The minimum Gasteiger partial charge on any atom is -0.355 e. The van der Waals surface area contributed by atoms with Crippen molar-refractivity contribution in [2.45, 2.75) is 19.3 Å². The number of carbonyl (C=O) groups is 1. The first-order chi connectivity index (χ1) is 13.2. The third-order valence-corrected chi connectivity index (χ3v) is 5.49. The molecule has 5 nitrogen and oxygen atoms in total. The van der Waals surface area contributed by atoms with Gasteiger partial charge in [0.15, 0.2) is 0 Å². The van der Waals surface area contributed by atoms with Gasteiger partial charge in [0.05, 0.1) is 17.0 Å². The van der Waals surface area contributed by atoms with Crippen LogP contribution in [0, 0.1) is 5.92 Å². The molecule has 1 atom stereocenters. The van der Waals surface area contributed by atoms with Crippen LogP contribution >= 0.6 is 11.6 Å². The molecule has 1 amide bonds. The molecule has 27 heavy (non-hydrogen) atoms. The highest BCUT2D eigenvalue weighted by atomic mass is 35.5. The van der Waals surface area contributed by atoms with E-state index in [9.17, 15) is 4.79 Å². The molecule has 0 radical (unpaired) electrons. The van der Waals surface area contributed by atoms with Crippen LogP contribution in [0.25, 0.3) is 11.0 Å². The Morgan fingerprint density at radius 2 is 2.04 bits per heavy atom. The zero-order valence-corrected chi connectivity index (χ0v) is 15.9. The van der Waals surface area contributed by atoms with Gasteiger partial charge in [0.25, 0.3) is 0 Å². The highest BCUT2D eigenvalue weighted by molar-refractivity contribution is 6.31. The number of benzene rings is 2. The summed E-state index contributed by atoms with van der Waals surface area (Å²) in [5, 5.41) is 3.82. The minimum absolute atomic E-state index is 0.0155. The number of hydrogen-bond acceptors (Lipinski definition) is 3. The number of amides is 1. The summed E-state index contributed by atoms with van der Waals surface area (Å²) in [7, 11) is 0. The van der Waals surface area contributed by atoms with Gasteiger partial charge in [-0.1, -0.05) is 41.9 Å². The smallest absolute Gasteiger partial charge is 0.224 e. The zero-order valence-electron chi connectivity index (χ0n) is 15.1. The quantitative estimate of drug-likeness (QED) is 0.705. The highest BCUT2D eigenvalue weighted by Crippen LogP contribution is 2.23. The van der Waals surface area contributed by atoms with Crippen molar-refractivity contribution in [2.75, 3.05) is 24.5 Å². The van der Waals surface area contributed by atoms with Crippen molar-refractivity contribution in [3.05, 3.63) is 59.1 Å². The fourth-order valence-corrected chi connectivity index (χ4v) is 3.87. The Kier molecular flexibility index (Phi) is 5.30. The summed E-state index contributed by atoms with van der Waals surface area (Å²) in [6.07, 6.45) is 2.64. The lowest BCUT2D eigenvalue weighted by molar-refractivity contribution is -0.125. The van der Waals surface area contributed by atoms with Gasteiger partial charge in [-0.15, -0.1) is 0 Å². The molecule has 6 heteroatoms. The van der Waals surface area contributed by atoms with Crippen molar-refractivity contribution in [3.63, 3.8) is 0 Å². The zero-order chi connectivity index (χ0) is 18.6. The third kappa shape index (κ3) is 4.08. The number of imidazole rings is 1. The van der Waals surface area contributed by atoms with Crippen molar-refractivity contribution < 1.29 is 4.79 Å². The monoisotopic (exact) mass is 382 g/mol. The Labute approximate surface area is 163 Å². The normalized spacial score (nSPS) is 17.2. The van der Waals surface area contributed by atoms with Crippen LogP contribution < -0.4 is 10.2 Å². The second-order valence-corrected chi connectivity index (χ2v) is 7.40. The molecule has 1 aliphatic heterocycles. The SMILES string of the molecule is O=C(NCCc1ccccc1Cl)[C@H]1CCCN(c2nc3ccccc3[nH]2)C1. The van der Waals surface area contributed by atoms with Crippen LogP contribution in [0.3, 0.4) is 0 Å². The summed E-state index contributed by atoms with van der Waals surface area (Å²) < 4.78 is 0. The maximum Gasteiger partial charge on any atom is 0.224 e. The lowest BCUT2D eigenvalue weighted by Crippen LogP contribution is -2.43. The van der Waals surface area contributed by atoms with Crippen molar-refractivity contribution in [1.29, 1.82) is 0 Å². The summed E-state index contributed by atoms with van der Waals surface area (Å²) in [6, 6.07) is 15.8. The largest absolute Gasteiger partial charge is 0.355 e. The summed E-state index contributed by atoms with van der Waals surface area (Å²) in [6.45, 7) is 2.21. The number of hydrogen-bond donors (Lipinski definition) is 2. The Morgan fingerprint density at radius 1 is 1.22 bits per heavy atom. The first kappa shape index (κ1) is 17.9. The molecule has 1 saturated heterocycles. The molecule has 2 heterocycles. The van der Waals surface area contributed by atoms with Crippen LogP contribution in [-0.4, -0.2) is 35.5 Å². The summed E-state index contributed by atoms with van der Waals surface area (Å²) in [4.78, 5) is 22.8. The molecule has 4 rings (SSSR count). The minimum atomic E-state index is -0.0155. The molecule has 1 aliphatic rings. The second-order valence-electron chi connectivity index (χ2n) is 7.00. The number of aromatic amines is 1. The average Bonchev–Trinajstić information content (AvgIpc) is 3.14. The second kappa shape index (κ2) is 8.01. The summed E-state index contributed by atoms with van der Waals surface area (Å²) in [5.74, 6) is 0.950. The lowest BCUT2D eigenvalue weighted by Gasteiger charge is -2.31. The molecule has 2 N–H and O–H groups in total. The number of fused-ring (bicyclic) bond motifs is 1. The van der Waals surface area contributed by atoms with Crippen LogP contribution in [0.2, 0.25) is 5.02 Å². The molecule has 0 aliphatic carbocycles. The van der Waals surface area contributed by atoms with Gasteiger partial charge in [-0.2, -0.15) is 0 Å². The average molecular weight is 383 g/mol. The van der Waals surface area contributed by atoms with E-state index >= 15 is 0 Å². The van der Waals surface area contributed by atoms with Gasteiger partial charge in [0.1, 0.15) is 0 Å². The van der Waals surface area contributed by atoms with E-state index in [-0.39, 0.29) is 11.8 Å². The van der Waals surface area contributed by atoms with Crippen LogP contribution in [0.5, 0.6) is 0 Å². The Bertz CT molecular complexity index is 906. The molecular weight excluding hydrogens is 360 g/mol. The fraction of sp³-hybridized carbons (Fsp3) is 0.333. The van der Waals surface area contributed by atoms with Crippen LogP contribution in [0.15, 0.2) is 48.5 Å². The number of anilines is 1. The van der Waals surface area contributed by atoms with Gasteiger partial charge < -0.3 is 15.2 Å². The van der Waals surface area contributed by atoms with Gasteiger partial charge in [-0.25, -0.2) is 4.98 Å². The molecular formula is C21H23ClN4O. The molecule has 1 aromatic heterocycles. The fourth-order valence-electron chi connectivity index (χ4n) is 3.64. The number of piperidine rings is 1. The number of nitrogens with one attached hydrogen (secondary N) is 2. The van der Waals surface area contributed by atoms with E-state index in [1.165, 1.54) is 0 Å². The van der Waals surface area contributed by atoms with Crippen molar-refractivity contribution in [1.82, 2.24) is 15.3 Å². The maximum absolute atomic E-state index is 12.6. The number of para-hydroxylation sites is 2. The highest BCUT2D eigenvalue weighted by Gasteiger charge is 2.27. The molecule has 140 valence electrons. The van der Waals surface area contributed by atoms with E-state index in [2.05, 4.69) is 20.2 Å². The van der Waals surface area contributed by atoms with E-state index in [1.807, 2.05) is 48.5 Å². The van der Waals surface area contributed by atoms with Crippen LogP contribution in [-0.2, 0) is 11.2 Å². The van der Waals surface area contributed by atoms with Gasteiger partial charge in [0, 0.05) is 24.7 Å². The number of halogens is 1. The number of carbonyl (C=O) groups excluding carboxylic acids is 1. The lowest BCUT2D eigenvalue weighted by atomic mass is 9.97. The van der Waals surface area contributed by atoms with E-state index in [4.69, 9.17) is 11.6 Å². The number of H-pyrrole nitrogens is 1. The molecule has 0 bridgehead atoms. The molecule has 0 spiro atoms. The van der Waals surface area contributed by atoms with Gasteiger partial charge in [0.2, 0.25) is 11.9 Å². The molecule has 0 saturated carbocycles. The van der Waals surface area contributed by atoms with Crippen molar-refractivity contribution in [3.8, 4) is 0 Å². The van der Waals surface area contributed by atoms with Gasteiger partial charge in [-0.05, 0) is 43.0 Å². The summed E-state index contributed by atoms with van der Waals surface area (Å²) >= 11 is 6.18. The Balaban J connectivity index is 1.34. The van der Waals surface area contributed by atoms with E-state index in [0.29, 0.717) is 13.1 Å². The van der Waals surface area contributed by atoms with Gasteiger partial charge >= 0.3 is 0 Å². The standard InChI is InChI=1S/C21H23ClN4O/c22-17-8-2-1-6-15(17)11-12-23-20(27)16-7-5-13-26(14-16)21-24-18-9-3-4-10-19(18)25-21/h1-4,6,8-10,16H,5,7,11-14H2,(H,23,27)(H,24,25)/t16-/m0/s1. The Morgan fingerprint density at radius 3 is 2.89 bits per heavy atom. The summed E-state index contributed by atoms with van der Waals surface area (Å²) in [5.41, 5.74) is 3.05. The maximum atomic E-state index is 12.6. The van der Waals surface area contributed by atoms with Crippen molar-refractivity contribution >= 4 is 34.5 Å². The van der Waals surface area contributed by atoms with E-state index in [0.717, 1.165) is 53.4 Å². The number of rotatable bonds is 5. The van der Waals surface area contributed by atoms with Crippen LogP contribution in [0.1, 0.15) is 18.4 Å². The Hall–Kier alpha value is -2.53. The van der Waals surface area contributed by atoms with E-state index in [1.54, 1.807) is 0 Å². The first-order valence-electron chi connectivity index (χ1n) is 9.41. The van der Waals surface area contributed by atoms with Crippen molar-refractivity contribution in [2.24, 2.45) is 5.92 Å². The number of nitrogens with zero attached hydrogens (tertiary/aromatic N) is 2.